The maximum absolute atomic E-state index is 9.40. The number of hydrogen-bond acceptors (Lipinski definition) is 4. The quantitative estimate of drug-likeness (QED) is 0.590. The van der Waals surface area contributed by atoms with Crippen molar-refractivity contribution in [3.8, 4) is 11.7 Å². The van der Waals surface area contributed by atoms with E-state index in [0.717, 1.165) is 0 Å². The minimum atomic E-state index is -0.805. The number of thioether (sulfide) groups is 1. The molecule has 68 valence electrons. The van der Waals surface area contributed by atoms with E-state index >= 15 is 0 Å². The number of terminal acetylenes is 1. The lowest BCUT2D eigenvalue weighted by Crippen LogP contribution is -2.32. The van der Waals surface area contributed by atoms with Crippen LogP contribution in [-0.2, 0) is 4.74 Å². The fraction of sp³-hybridized carbons (Fsp3) is 0.750. The van der Waals surface area contributed by atoms with Crippen molar-refractivity contribution in [3.63, 3.8) is 0 Å². The summed E-state index contributed by atoms with van der Waals surface area (Å²) in [6, 6.07) is 0. The third-order valence-corrected chi connectivity index (χ3v) is 2.59. The summed E-state index contributed by atoms with van der Waals surface area (Å²) in [6.45, 7) is 1.73. The molecule has 1 aliphatic heterocycles. The lowest BCUT2D eigenvalue weighted by atomic mass is 10.1. The molecule has 4 heteroatoms. The molecular weight excluding hydrogens is 176 g/mol. The molecule has 3 nitrogen and oxygen atoms in total. The molecule has 0 saturated carbocycles. The summed E-state index contributed by atoms with van der Waals surface area (Å²) in [5, 5.41) is 21.1. The summed E-state index contributed by atoms with van der Waals surface area (Å²) in [7, 11) is 0. The van der Waals surface area contributed by atoms with Crippen LogP contribution in [0.3, 0.4) is 0 Å². The van der Waals surface area contributed by atoms with Crippen LogP contribution < -0.4 is 0 Å². The molecule has 0 spiro atoms. The highest BCUT2D eigenvalue weighted by molar-refractivity contribution is 8.03. The van der Waals surface area contributed by atoms with Gasteiger partial charge in [0.15, 0.2) is 0 Å². The van der Waals surface area contributed by atoms with Crippen molar-refractivity contribution in [2.24, 2.45) is 0 Å². The third kappa shape index (κ3) is 1.93. The van der Waals surface area contributed by atoms with Crippen LogP contribution in [0.5, 0.6) is 0 Å². The molecule has 1 heterocycles. The number of hydrogen-bond donors (Lipinski definition) is 2. The molecule has 0 aromatic rings. The fourth-order valence-electron chi connectivity index (χ4n) is 1.20. The van der Waals surface area contributed by atoms with Gasteiger partial charge in [0.2, 0.25) is 0 Å². The first-order valence-corrected chi connectivity index (χ1v) is 4.74. The molecule has 2 unspecified atom stereocenters. The molecule has 4 atom stereocenters. The number of aliphatic hydroxyl groups excluding tert-OH is 2. The van der Waals surface area contributed by atoms with Crippen LogP contribution in [0, 0.1) is 11.7 Å². The number of aliphatic hydroxyl groups is 2. The first kappa shape index (κ1) is 9.87. The summed E-state index contributed by atoms with van der Waals surface area (Å²) in [5.41, 5.74) is 0. The Bertz CT molecular complexity index is 189. The van der Waals surface area contributed by atoms with Crippen LogP contribution in [-0.4, -0.2) is 40.4 Å². The summed E-state index contributed by atoms with van der Waals surface area (Å²) in [6.07, 6.45) is 2.81. The highest BCUT2D eigenvalue weighted by Gasteiger charge is 2.39. The highest BCUT2D eigenvalue weighted by Crippen LogP contribution is 2.23. The summed E-state index contributed by atoms with van der Waals surface area (Å²) < 4.78 is 5.27. The smallest absolute Gasteiger partial charge is 0.109 e. The van der Waals surface area contributed by atoms with Crippen molar-refractivity contribution in [2.75, 3.05) is 5.75 Å². The molecule has 1 aliphatic rings. The predicted molar refractivity (Wildman–Crippen MR) is 47.6 cm³/mol. The maximum Gasteiger partial charge on any atom is 0.109 e. The molecule has 0 radical (unpaired) electrons. The van der Waals surface area contributed by atoms with E-state index in [-0.39, 0.29) is 12.2 Å². The van der Waals surface area contributed by atoms with Gasteiger partial charge in [-0.05, 0) is 12.2 Å². The van der Waals surface area contributed by atoms with E-state index in [4.69, 9.17) is 11.2 Å². The number of ether oxygens (including phenoxy) is 1. The van der Waals surface area contributed by atoms with Gasteiger partial charge in [0.1, 0.15) is 12.2 Å². The van der Waals surface area contributed by atoms with E-state index < -0.39 is 12.2 Å². The second-order valence-electron chi connectivity index (χ2n) is 2.79. The highest BCUT2D eigenvalue weighted by atomic mass is 32.2. The van der Waals surface area contributed by atoms with Crippen LogP contribution >= 0.6 is 11.8 Å². The number of rotatable bonds is 2. The van der Waals surface area contributed by atoms with E-state index in [1.165, 1.54) is 11.8 Å². The molecule has 2 N–H and O–H groups in total. The lowest BCUT2D eigenvalue weighted by molar-refractivity contribution is 0.0302. The Morgan fingerprint density at radius 2 is 2.17 bits per heavy atom. The van der Waals surface area contributed by atoms with Crippen LogP contribution in [0.1, 0.15) is 6.92 Å². The predicted octanol–water partition coefficient (Wildman–Crippen LogP) is -0.181. The molecule has 0 aromatic carbocycles. The van der Waals surface area contributed by atoms with Gasteiger partial charge in [0, 0.05) is 5.75 Å². The van der Waals surface area contributed by atoms with E-state index in [2.05, 4.69) is 5.25 Å². The third-order valence-electron chi connectivity index (χ3n) is 1.93. The van der Waals surface area contributed by atoms with Crippen LogP contribution in [0.2, 0.25) is 0 Å². The molecule has 0 aromatic heterocycles. The van der Waals surface area contributed by atoms with Gasteiger partial charge in [0.05, 0.1) is 12.2 Å². The van der Waals surface area contributed by atoms with Gasteiger partial charge in [0.25, 0.3) is 0 Å². The Balaban J connectivity index is 2.43. The monoisotopic (exact) mass is 188 g/mol. The molecule has 0 amide bonds. The maximum atomic E-state index is 9.40. The van der Waals surface area contributed by atoms with Crippen molar-refractivity contribution < 1.29 is 14.9 Å². The Hall–Kier alpha value is -0.210. The van der Waals surface area contributed by atoms with Gasteiger partial charge in [-0.2, -0.15) is 0 Å². The zero-order valence-corrected chi connectivity index (χ0v) is 7.62. The first-order valence-electron chi connectivity index (χ1n) is 3.75. The van der Waals surface area contributed by atoms with Gasteiger partial charge >= 0.3 is 0 Å². The second-order valence-corrected chi connectivity index (χ2v) is 3.65. The standard InChI is InChI=1S/C8H12O3S/c1-3-12-4-6-8(10)7(9)5(2)11-6/h1,5-10H,4H2,2H3/t5-,6+,7?,8?/m0/s1. The van der Waals surface area contributed by atoms with E-state index in [1.54, 1.807) is 6.92 Å². The normalized spacial score (nSPS) is 41.2. The molecule has 1 fully saturated rings. The van der Waals surface area contributed by atoms with Crippen LogP contribution in [0.15, 0.2) is 0 Å². The minimum absolute atomic E-state index is 0.302. The second kappa shape index (κ2) is 4.15. The Kier molecular flexibility index (Phi) is 3.41. The van der Waals surface area contributed by atoms with Crippen molar-refractivity contribution in [2.45, 2.75) is 31.3 Å². The van der Waals surface area contributed by atoms with Gasteiger partial charge in [-0.3, -0.25) is 0 Å². The average Bonchev–Trinajstić information content (AvgIpc) is 2.30. The molecule has 12 heavy (non-hydrogen) atoms. The van der Waals surface area contributed by atoms with Gasteiger partial charge in [-0.1, -0.05) is 11.8 Å². The van der Waals surface area contributed by atoms with E-state index in [1.807, 2.05) is 0 Å². The lowest BCUT2D eigenvalue weighted by Gasteiger charge is -2.11. The van der Waals surface area contributed by atoms with Crippen LogP contribution in [0.4, 0.5) is 0 Å². The molecule has 0 bridgehead atoms. The minimum Gasteiger partial charge on any atom is -0.388 e. The van der Waals surface area contributed by atoms with Crippen molar-refractivity contribution in [3.05, 3.63) is 0 Å². The largest absolute Gasteiger partial charge is 0.388 e. The average molecular weight is 188 g/mol. The zero-order chi connectivity index (χ0) is 9.14. The summed E-state index contributed by atoms with van der Waals surface area (Å²) in [4.78, 5) is 0. The molecule has 1 rings (SSSR count). The van der Waals surface area contributed by atoms with Gasteiger partial charge in [-0.15, -0.1) is 6.42 Å². The summed E-state index contributed by atoms with van der Waals surface area (Å²) >= 11 is 1.24. The van der Waals surface area contributed by atoms with Crippen LogP contribution in [0.25, 0.3) is 0 Å². The Morgan fingerprint density at radius 3 is 2.58 bits per heavy atom. The molecular formula is C8H12O3S. The SMILES string of the molecule is C#CSC[C@H]1O[C@@H](C)C(O)C1O. The van der Waals surface area contributed by atoms with Crippen molar-refractivity contribution in [1.82, 2.24) is 0 Å². The Labute approximate surface area is 76.1 Å². The molecule has 0 aliphatic carbocycles. The molecule has 1 saturated heterocycles. The van der Waals surface area contributed by atoms with Crippen molar-refractivity contribution >= 4 is 11.8 Å². The van der Waals surface area contributed by atoms with Crippen molar-refractivity contribution in [1.29, 1.82) is 0 Å². The fourth-order valence-corrected chi connectivity index (χ4v) is 1.74. The van der Waals surface area contributed by atoms with Gasteiger partial charge < -0.3 is 14.9 Å². The topological polar surface area (TPSA) is 49.7 Å². The zero-order valence-electron chi connectivity index (χ0n) is 6.80. The van der Waals surface area contributed by atoms with Gasteiger partial charge in [-0.25, -0.2) is 0 Å². The summed E-state index contributed by atoms with van der Waals surface area (Å²) in [5.74, 6) is 0.527. The van der Waals surface area contributed by atoms with E-state index in [0.29, 0.717) is 5.75 Å². The van der Waals surface area contributed by atoms with E-state index in [9.17, 15) is 10.2 Å². The first-order chi connectivity index (χ1) is 5.66. The Morgan fingerprint density at radius 1 is 1.50 bits per heavy atom.